The topological polar surface area (TPSA) is 34.4 Å². The van der Waals surface area contributed by atoms with Gasteiger partial charge in [-0.1, -0.05) is 0 Å². The summed E-state index contributed by atoms with van der Waals surface area (Å²) in [5.41, 5.74) is 1.84. The third-order valence-corrected chi connectivity index (χ3v) is 3.27. The molecule has 0 aliphatic rings. The molecule has 3 rings (SSSR count). The first kappa shape index (κ1) is 12.5. The Labute approximate surface area is 115 Å². The van der Waals surface area contributed by atoms with E-state index in [0.717, 1.165) is 16.5 Å². The Hall–Kier alpha value is -2.49. The van der Waals surface area contributed by atoms with Gasteiger partial charge in [-0.15, -0.1) is 0 Å². The van der Waals surface area contributed by atoms with Crippen molar-refractivity contribution in [3.8, 4) is 11.5 Å². The van der Waals surface area contributed by atoms with Crippen molar-refractivity contribution in [3.63, 3.8) is 0 Å². The van der Waals surface area contributed by atoms with E-state index in [0.29, 0.717) is 12.4 Å². The van der Waals surface area contributed by atoms with Gasteiger partial charge in [-0.05, 0) is 42.5 Å². The molecule has 102 valence electrons. The highest BCUT2D eigenvalue weighted by molar-refractivity contribution is 5.83. The Morgan fingerprint density at radius 1 is 1.15 bits per heavy atom. The standard InChI is InChI=1S/C16H14FNO2/c1-18-9-11(15-7-2-12(17)8-16(15)18)10-20-14-5-3-13(19)4-6-14/h2-9,19H,10H2,1H3. The van der Waals surface area contributed by atoms with Crippen LogP contribution in [0.25, 0.3) is 10.9 Å². The number of aryl methyl sites for hydroxylation is 1. The molecule has 1 heterocycles. The van der Waals surface area contributed by atoms with E-state index in [1.807, 2.05) is 17.8 Å². The molecular formula is C16H14FNO2. The van der Waals surface area contributed by atoms with E-state index < -0.39 is 0 Å². The summed E-state index contributed by atoms with van der Waals surface area (Å²) in [6.45, 7) is 0.397. The molecule has 0 aliphatic heterocycles. The number of benzene rings is 2. The van der Waals surface area contributed by atoms with Crippen molar-refractivity contribution in [2.75, 3.05) is 0 Å². The van der Waals surface area contributed by atoms with Crippen molar-refractivity contribution in [1.29, 1.82) is 0 Å². The van der Waals surface area contributed by atoms with E-state index in [1.54, 1.807) is 30.3 Å². The molecule has 0 atom stereocenters. The summed E-state index contributed by atoms with van der Waals surface area (Å²) in [7, 11) is 1.88. The smallest absolute Gasteiger partial charge is 0.125 e. The van der Waals surface area contributed by atoms with Gasteiger partial charge >= 0.3 is 0 Å². The summed E-state index contributed by atoms with van der Waals surface area (Å²) in [6.07, 6.45) is 1.94. The molecule has 0 amide bonds. The summed E-state index contributed by atoms with van der Waals surface area (Å²) >= 11 is 0. The van der Waals surface area contributed by atoms with E-state index in [-0.39, 0.29) is 11.6 Å². The second-order valence-electron chi connectivity index (χ2n) is 4.71. The van der Waals surface area contributed by atoms with Crippen LogP contribution in [0.5, 0.6) is 11.5 Å². The molecule has 1 N–H and O–H groups in total. The van der Waals surface area contributed by atoms with Gasteiger partial charge < -0.3 is 14.4 Å². The SMILES string of the molecule is Cn1cc(COc2ccc(O)cc2)c2ccc(F)cc21. The predicted molar refractivity (Wildman–Crippen MR) is 75.3 cm³/mol. The normalized spacial score (nSPS) is 10.9. The van der Waals surface area contributed by atoms with Gasteiger partial charge in [-0.2, -0.15) is 0 Å². The highest BCUT2D eigenvalue weighted by Gasteiger charge is 2.08. The lowest BCUT2D eigenvalue weighted by Gasteiger charge is -2.05. The largest absolute Gasteiger partial charge is 0.508 e. The maximum absolute atomic E-state index is 13.2. The first-order chi connectivity index (χ1) is 9.63. The highest BCUT2D eigenvalue weighted by Crippen LogP contribution is 2.24. The fraction of sp³-hybridized carbons (Fsp3) is 0.125. The lowest BCUT2D eigenvalue weighted by atomic mass is 10.2. The maximum atomic E-state index is 13.2. The van der Waals surface area contributed by atoms with Crippen LogP contribution in [0.15, 0.2) is 48.7 Å². The molecule has 4 heteroatoms. The number of fused-ring (bicyclic) bond motifs is 1. The van der Waals surface area contributed by atoms with Crippen LogP contribution in [0.4, 0.5) is 4.39 Å². The zero-order valence-electron chi connectivity index (χ0n) is 11.0. The Balaban J connectivity index is 1.86. The fourth-order valence-corrected chi connectivity index (χ4v) is 2.26. The molecule has 0 saturated heterocycles. The molecule has 0 aliphatic carbocycles. The number of phenolic OH excluding ortho intramolecular Hbond substituents is 1. The number of nitrogens with zero attached hydrogens (tertiary/aromatic N) is 1. The average Bonchev–Trinajstić information content (AvgIpc) is 2.74. The zero-order valence-corrected chi connectivity index (χ0v) is 11.0. The lowest BCUT2D eigenvalue weighted by molar-refractivity contribution is 0.307. The molecule has 1 aromatic heterocycles. The second kappa shape index (κ2) is 4.89. The van der Waals surface area contributed by atoms with Crippen molar-refractivity contribution in [2.24, 2.45) is 7.05 Å². The number of halogens is 1. The van der Waals surface area contributed by atoms with E-state index in [2.05, 4.69) is 0 Å². The third kappa shape index (κ3) is 2.32. The minimum Gasteiger partial charge on any atom is -0.508 e. The molecular weight excluding hydrogens is 257 g/mol. The number of ether oxygens (including phenoxy) is 1. The van der Waals surface area contributed by atoms with Gasteiger partial charge in [-0.25, -0.2) is 4.39 Å². The molecule has 0 saturated carbocycles. The zero-order chi connectivity index (χ0) is 14.1. The van der Waals surface area contributed by atoms with Crippen LogP contribution in [-0.2, 0) is 13.7 Å². The van der Waals surface area contributed by atoms with Gasteiger partial charge in [0.15, 0.2) is 0 Å². The molecule has 0 bridgehead atoms. The Bertz CT molecular complexity index is 747. The van der Waals surface area contributed by atoms with Crippen molar-refractivity contribution in [3.05, 3.63) is 60.0 Å². The molecule has 0 radical (unpaired) electrons. The number of phenols is 1. The summed E-state index contributed by atoms with van der Waals surface area (Å²) in [6, 6.07) is 11.3. The molecule has 0 spiro atoms. The van der Waals surface area contributed by atoms with E-state index in [1.165, 1.54) is 12.1 Å². The van der Waals surface area contributed by atoms with Crippen LogP contribution in [0.3, 0.4) is 0 Å². The highest BCUT2D eigenvalue weighted by atomic mass is 19.1. The summed E-state index contributed by atoms with van der Waals surface area (Å²) in [4.78, 5) is 0. The summed E-state index contributed by atoms with van der Waals surface area (Å²) < 4.78 is 20.8. The number of hydrogen-bond donors (Lipinski definition) is 1. The Kier molecular flexibility index (Phi) is 3.06. The first-order valence-corrected chi connectivity index (χ1v) is 6.29. The van der Waals surface area contributed by atoms with Crippen LogP contribution < -0.4 is 4.74 Å². The Morgan fingerprint density at radius 3 is 2.65 bits per heavy atom. The summed E-state index contributed by atoms with van der Waals surface area (Å²) in [5, 5.41) is 10.2. The molecule has 2 aromatic carbocycles. The first-order valence-electron chi connectivity index (χ1n) is 6.29. The monoisotopic (exact) mass is 271 g/mol. The van der Waals surface area contributed by atoms with Crippen molar-refractivity contribution in [2.45, 2.75) is 6.61 Å². The van der Waals surface area contributed by atoms with E-state index >= 15 is 0 Å². The average molecular weight is 271 g/mol. The quantitative estimate of drug-likeness (QED) is 0.789. The summed E-state index contributed by atoms with van der Waals surface area (Å²) in [5.74, 6) is 0.643. The molecule has 20 heavy (non-hydrogen) atoms. The maximum Gasteiger partial charge on any atom is 0.125 e. The minimum absolute atomic E-state index is 0.206. The minimum atomic E-state index is -0.246. The van der Waals surface area contributed by atoms with Gasteiger partial charge in [0, 0.05) is 24.2 Å². The van der Waals surface area contributed by atoms with Crippen LogP contribution in [-0.4, -0.2) is 9.67 Å². The fourth-order valence-electron chi connectivity index (χ4n) is 2.26. The number of hydrogen-bond acceptors (Lipinski definition) is 2. The third-order valence-electron chi connectivity index (χ3n) is 3.27. The molecule has 0 unspecified atom stereocenters. The van der Waals surface area contributed by atoms with E-state index in [9.17, 15) is 9.50 Å². The predicted octanol–water partition coefficient (Wildman–Crippen LogP) is 3.60. The van der Waals surface area contributed by atoms with Crippen LogP contribution in [0.1, 0.15) is 5.56 Å². The molecule has 0 fully saturated rings. The van der Waals surface area contributed by atoms with Crippen LogP contribution in [0.2, 0.25) is 0 Å². The lowest BCUT2D eigenvalue weighted by Crippen LogP contribution is -1.94. The molecule has 3 aromatic rings. The Morgan fingerprint density at radius 2 is 1.90 bits per heavy atom. The van der Waals surface area contributed by atoms with Gasteiger partial charge in [-0.3, -0.25) is 0 Å². The van der Waals surface area contributed by atoms with Gasteiger partial charge in [0.2, 0.25) is 0 Å². The van der Waals surface area contributed by atoms with Crippen molar-refractivity contribution >= 4 is 10.9 Å². The number of rotatable bonds is 3. The van der Waals surface area contributed by atoms with Gasteiger partial charge in [0.1, 0.15) is 23.9 Å². The van der Waals surface area contributed by atoms with E-state index in [4.69, 9.17) is 4.74 Å². The van der Waals surface area contributed by atoms with Gasteiger partial charge in [0.05, 0.1) is 5.52 Å². The number of aromatic hydroxyl groups is 1. The second-order valence-corrected chi connectivity index (χ2v) is 4.71. The molecule has 3 nitrogen and oxygen atoms in total. The number of aromatic nitrogens is 1. The van der Waals surface area contributed by atoms with Gasteiger partial charge in [0.25, 0.3) is 0 Å². The van der Waals surface area contributed by atoms with Crippen molar-refractivity contribution in [1.82, 2.24) is 4.57 Å². The van der Waals surface area contributed by atoms with Crippen molar-refractivity contribution < 1.29 is 14.2 Å². The van der Waals surface area contributed by atoms with Crippen LogP contribution in [0, 0.1) is 5.82 Å². The van der Waals surface area contributed by atoms with Crippen LogP contribution >= 0.6 is 0 Å².